The molecule has 1 aliphatic heterocycles. The van der Waals surface area contributed by atoms with Crippen molar-refractivity contribution < 1.29 is 9.59 Å². The van der Waals surface area contributed by atoms with Crippen LogP contribution in [0.2, 0.25) is 0 Å². The number of rotatable bonds is 8. The minimum Gasteiger partial charge on any atom is -0.369 e. The zero-order valence-corrected chi connectivity index (χ0v) is 19.7. The van der Waals surface area contributed by atoms with Crippen molar-refractivity contribution in [2.45, 2.75) is 25.3 Å². The molecule has 1 saturated heterocycles. The summed E-state index contributed by atoms with van der Waals surface area (Å²) in [5.74, 6) is 4.94. The van der Waals surface area contributed by atoms with Gasteiger partial charge in [0.2, 0.25) is 5.91 Å². The van der Waals surface area contributed by atoms with E-state index in [1.54, 1.807) is 0 Å². The maximum absolute atomic E-state index is 13.1. The van der Waals surface area contributed by atoms with Gasteiger partial charge < -0.3 is 15.1 Å². The lowest BCUT2D eigenvalue weighted by Crippen LogP contribution is -2.44. The molecule has 34 heavy (non-hydrogen) atoms. The summed E-state index contributed by atoms with van der Waals surface area (Å²) < 4.78 is 0. The molecule has 2 amide bonds. The fourth-order valence-corrected chi connectivity index (χ4v) is 4.53. The van der Waals surface area contributed by atoms with Crippen LogP contribution < -0.4 is 21.5 Å². The molecule has 1 atom stereocenters. The maximum atomic E-state index is 13.1. The van der Waals surface area contributed by atoms with Gasteiger partial charge in [-0.1, -0.05) is 42.5 Å². The van der Waals surface area contributed by atoms with E-state index in [4.69, 9.17) is 5.84 Å². The third-order valence-corrected chi connectivity index (χ3v) is 6.52. The van der Waals surface area contributed by atoms with Gasteiger partial charge in [0.1, 0.15) is 0 Å². The van der Waals surface area contributed by atoms with Crippen molar-refractivity contribution in [2.24, 2.45) is 5.84 Å². The third kappa shape index (κ3) is 5.73. The van der Waals surface area contributed by atoms with Gasteiger partial charge in [0.05, 0.1) is 6.04 Å². The van der Waals surface area contributed by atoms with Crippen LogP contribution in [0.1, 0.15) is 41.2 Å². The van der Waals surface area contributed by atoms with Gasteiger partial charge in [0.25, 0.3) is 5.91 Å². The Balaban J connectivity index is 1.69. The lowest BCUT2D eigenvalue weighted by atomic mass is 9.93. The second-order valence-corrected chi connectivity index (χ2v) is 8.90. The highest BCUT2D eigenvalue weighted by atomic mass is 16.2. The van der Waals surface area contributed by atoms with E-state index in [1.165, 1.54) is 5.69 Å². The average Bonchev–Trinajstić information content (AvgIpc) is 2.88. The Morgan fingerprint density at radius 1 is 0.971 bits per heavy atom. The van der Waals surface area contributed by atoms with Gasteiger partial charge in [0, 0.05) is 43.9 Å². The second kappa shape index (κ2) is 11.1. The molecular formula is C27H33N5O2. The van der Waals surface area contributed by atoms with Gasteiger partial charge in [-0.25, -0.2) is 5.84 Å². The van der Waals surface area contributed by atoms with E-state index < -0.39 is 0 Å². The number of likely N-dealkylation sites (N-methyl/N-ethyl adjacent to an activating group) is 1. The molecule has 7 heteroatoms. The van der Waals surface area contributed by atoms with E-state index in [1.807, 2.05) is 42.5 Å². The molecule has 0 spiro atoms. The first-order valence-corrected chi connectivity index (χ1v) is 11.9. The molecule has 0 aromatic heterocycles. The smallest absolute Gasteiger partial charge is 0.251 e. The lowest BCUT2D eigenvalue weighted by molar-refractivity contribution is -0.121. The summed E-state index contributed by atoms with van der Waals surface area (Å²) in [6, 6.07) is 21.8. The number of anilines is 1. The summed E-state index contributed by atoms with van der Waals surface area (Å²) in [6.07, 6.45) is 1.54. The predicted molar refractivity (Wildman–Crippen MR) is 136 cm³/mol. The fraction of sp³-hybridized carbons (Fsp3) is 0.333. The van der Waals surface area contributed by atoms with Crippen LogP contribution in [0.25, 0.3) is 10.8 Å². The van der Waals surface area contributed by atoms with E-state index in [-0.39, 0.29) is 17.9 Å². The first kappa shape index (κ1) is 23.7. The molecule has 0 aliphatic carbocycles. The molecular weight excluding hydrogens is 426 g/mol. The molecule has 4 N–H and O–H groups in total. The van der Waals surface area contributed by atoms with E-state index in [0.717, 1.165) is 42.5 Å². The van der Waals surface area contributed by atoms with Crippen molar-refractivity contribution in [2.75, 3.05) is 38.1 Å². The highest BCUT2D eigenvalue weighted by Gasteiger charge is 2.22. The predicted octanol–water partition coefficient (Wildman–Crippen LogP) is 3.22. The Morgan fingerprint density at radius 2 is 1.68 bits per heavy atom. The highest BCUT2D eigenvalue weighted by Crippen LogP contribution is 2.33. The van der Waals surface area contributed by atoms with Crippen molar-refractivity contribution in [3.8, 4) is 0 Å². The van der Waals surface area contributed by atoms with Gasteiger partial charge in [-0.3, -0.25) is 15.0 Å². The molecule has 7 nitrogen and oxygen atoms in total. The molecule has 1 fully saturated rings. The molecule has 0 bridgehead atoms. The summed E-state index contributed by atoms with van der Waals surface area (Å²) in [6.45, 7) is 3.97. The summed E-state index contributed by atoms with van der Waals surface area (Å²) in [5, 5.41) is 5.50. The third-order valence-electron chi connectivity index (χ3n) is 6.52. The van der Waals surface area contributed by atoms with Crippen LogP contribution in [0.5, 0.6) is 0 Å². The second-order valence-electron chi connectivity index (χ2n) is 8.90. The number of piperazine rings is 1. The number of amides is 2. The average molecular weight is 460 g/mol. The Kier molecular flexibility index (Phi) is 7.77. The van der Waals surface area contributed by atoms with Crippen molar-refractivity contribution >= 4 is 28.3 Å². The molecule has 0 unspecified atom stereocenters. The molecule has 3 aromatic carbocycles. The Morgan fingerprint density at radius 3 is 2.41 bits per heavy atom. The van der Waals surface area contributed by atoms with E-state index >= 15 is 0 Å². The molecule has 4 rings (SSSR count). The van der Waals surface area contributed by atoms with Crippen LogP contribution in [0.3, 0.4) is 0 Å². The summed E-state index contributed by atoms with van der Waals surface area (Å²) in [7, 11) is 2.15. The van der Waals surface area contributed by atoms with Gasteiger partial charge >= 0.3 is 0 Å². The maximum Gasteiger partial charge on any atom is 0.251 e. The van der Waals surface area contributed by atoms with Crippen LogP contribution in [0.15, 0.2) is 66.7 Å². The minimum atomic E-state index is -0.240. The van der Waals surface area contributed by atoms with Gasteiger partial charge in [-0.05, 0) is 60.5 Å². The van der Waals surface area contributed by atoms with Crippen LogP contribution in [-0.4, -0.2) is 49.9 Å². The molecule has 178 valence electrons. The van der Waals surface area contributed by atoms with Gasteiger partial charge in [0.15, 0.2) is 0 Å². The van der Waals surface area contributed by atoms with Crippen molar-refractivity contribution in [3.05, 3.63) is 77.9 Å². The van der Waals surface area contributed by atoms with E-state index in [9.17, 15) is 9.59 Å². The molecule has 0 saturated carbocycles. The number of benzene rings is 3. The summed E-state index contributed by atoms with van der Waals surface area (Å²) >= 11 is 0. The number of nitrogens with zero attached hydrogens (tertiary/aromatic N) is 2. The number of nitrogens with two attached hydrogens (primary N) is 1. The zero-order chi connectivity index (χ0) is 23.9. The largest absolute Gasteiger partial charge is 0.369 e. The standard InChI is InChI=1S/C27H33N5O2/c1-31-14-16-32(17-15-31)22-18-21-10-5-6-11-23(21)24(19-22)25(12-7-13-26(33)30-28)29-27(34)20-8-3-2-4-9-20/h2-6,8-11,18-19,25H,7,12-17,28H2,1H3,(H,29,34)(H,30,33)/t25-/m1/s1. The monoisotopic (exact) mass is 459 g/mol. The number of nitrogens with one attached hydrogen (secondary N) is 2. The summed E-state index contributed by atoms with van der Waals surface area (Å²) in [4.78, 5) is 29.6. The number of fused-ring (bicyclic) bond motifs is 1. The SMILES string of the molecule is CN1CCN(c2cc([C@@H](CCCC(=O)NN)NC(=O)c3ccccc3)c3ccccc3c2)CC1. The lowest BCUT2D eigenvalue weighted by Gasteiger charge is -2.35. The number of carbonyl (C=O) groups excluding carboxylic acids is 2. The fourth-order valence-electron chi connectivity index (χ4n) is 4.53. The first-order valence-electron chi connectivity index (χ1n) is 11.9. The molecule has 1 heterocycles. The molecule has 0 radical (unpaired) electrons. The van der Waals surface area contributed by atoms with Gasteiger partial charge in [-0.2, -0.15) is 0 Å². The Hall–Kier alpha value is -3.42. The van der Waals surface area contributed by atoms with Gasteiger partial charge in [-0.15, -0.1) is 0 Å². The van der Waals surface area contributed by atoms with Crippen LogP contribution >= 0.6 is 0 Å². The molecule has 3 aromatic rings. The van der Waals surface area contributed by atoms with Crippen molar-refractivity contribution in [3.63, 3.8) is 0 Å². The summed E-state index contributed by atoms with van der Waals surface area (Å²) in [5.41, 5.74) is 5.05. The van der Waals surface area contributed by atoms with Crippen LogP contribution in [0.4, 0.5) is 5.69 Å². The number of carbonyl (C=O) groups is 2. The molecule has 1 aliphatic rings. The normalized spacial score (nSPS) is 15.2. The van der Waals surface area contributed by atoms with Crippen LogP contribution in [-0.2, 0) is 4.79 Å². The van der Waals surface area contributed by atoms with Crippen LogP contribution in [0, 0.1) is 0 Å². The van der Waals surface area contributed by atoms with E-state index in [2.05, 4.69) is 51.9 Å². The topological polar surface area (TPSA) is 90.7 Å². The number of hydrogen-bond acceptors (Lipinski definition) is 5. The zero-order valence-electron chi connectivity index (χ0n) is 19.7. The highest BCUT2D eigenvalue weighted by molar-refractivity contribution is 5.95. The number of hydrogen-bond donors (Lipinski definition) is 3. The number of hydrazine groups is 1. The van der Waals surface area contributed by atoms with Crippen molar-refractivity contribution in [1.82, 2.24) is 15.6 Å². The Labute approximate surface area is 200 Å². The first-order chi connectivity index (χ1) is 16.5. The minimum absolute atomic E-state index is 0.122. The van der Waals surface area contributed by atoms with E-state index in [0.29, 0.717) is 24.8 Å². The quantitative estimate of drug-likeness (QED) is 0.273. The van der Waals surface area contributed by atoms with Crippen molar-refractivity contribution in [1.29, 1.82) is 0 Å². The Bertz CT molecular complexity index is 1130.